The van der Waals surface area contributed by atoms with E-state index in [4.69, 9.17) is 0 Å². The van der Waals surface area contributed by atoms with E-state index in [2.05, 4.69) is 37.1 Å². The van der Waals surface area contributed by atoms with E-state index in [9.17, 15) is 19.1 Å². The van der Waals surface area contributed by atoms with Crippen molar-refractivity contribution in [2.24, 2.45) is 0 Å². The van der Waals surface area contributed by atoms with Crippen molar-refractivity contribution in [1.82, 2.24) is 19.6 Å². The second-order valence-electron chi connectivity index (χ2n) is 10.4. The van der Waals surface area contributed by atoms with Crippen LogP contribution in [0.15, 0.2) is 18.2 Å². The van der Waals surface area contributed by atoms with E-state index in [-0.39, 0.29) is 31.3 Å². The lowest BCUT2D eigenvalue weighted by Gasteiger charge is -2.33. The molecule has 1 aromatic heterocycles. The highest BCUT2D eigenvalue weighted by Crippen LogP contribution is 2.32. The Morgan fingerprint density at radius 2 is 1.83 bits per heavy atom. The molecule has 8 heteroatoms. The molecule has 188 valence electrons. The molecule has 2 aliphatic heterocycles. The van der Waals surface area contributed by atoms with Gasteiger partial charge in [-0.05, 0) is 75.0 Å². The monoisotopic (exact) mass is 482 g/mol. The zero-order valence-corrected chi connectivity index (χ0v) is 20.7. The number of aryl methyl sites for hydroxylation is 1. The number of hydrogen-bond donors (Lipinski definition) is 1. The summed E-state index contributed by atoms with van der Waals surface area (Å²) in [6, 6.07) is 6.47. The number of hydrogen-bond acceptors (Lipinski definition) is 4. The van der Waals surface area contributed by atoms with Gasteiger partial charge in [-0.2, -0.15) is 5.10 Å². The molecule has 35 heavy (non-hydrogen) atoms. The van der Waals surface area contributed by atoms with Gasteiger partial charge in [-0.15, -0.1) is 0 Å². The zero-order chi connectivity index (χ0) is 24.7. The molecule has 1 aliphatic carbocycles. The van der Waals surface area contributed by atoms with E-state index in [1.807, 2.05) is 4.90 Å². The summed E-state index contributed by atoms with van der Waals surface area (Å²) in [7, 11) is 0. The number of carbonyl (C=O) groups is 2. The maximum absolute atomic E-state index is 14.0. The highest BCUT2D eigenvalue weighted by molar-refractivity contribution is 5.94. The Labute approximate surface area is 205 Å². The van der Waals surface area contributed by atoms with Crippen molar-refractivity contribution >= 4 is 11.8 Å². The molecule has 2 atom stereocenters. The number of piperidine rings is 2. The van der Waals surface area contributed by atoms with E-state index >= 15 is 0 Å². The van der Waals surface area contributed by atoms with Crippen LogP contribution in [-0.2, 0) is 24.2 Å². The number of fused-ring (bicyclic) bond motifs is 1. The number of likely N-dealkylation sites (tertiary alicyclic amines) is 2. The minimum absolute atomic E-state index is 0.0329. The van der Waals surface area contributed by atoms with Gasteiger partial charge in [0, 0.05) is 30.9 Å². The quantitative estimate of drug-likeness (QED) is 0.727. The maximum atomic E-state index is 14.0. The van der Waals surface area contributed by atoms with Gasteiger partial charge in [0.05, 0.1) is 12.6 Å². The standard InChI is InChI=1S/C27H35FN4O3/c1-17-5-3-6-20(18(17)2)19-9-12-30(13-10-19)25(34)16-32-23-8-4-7-21(23)26(29-32)27(35)31-14-11-24(33)22(28)15-31/h3,5-6,19,22,24,33H,4,7-16H2,1-2H3/t22-,24+/m0/s1. The summed E-state index contributed by atoms with van der Waals surface area (Å²) >= 11 is 0. The van der Waals surface area contributed by atoms with E-state index in [1.165, 1.54) is 21.6 Å². The highest BCUT2D eigenvalue weighted by Gasteiger charge is 2.35. The van der Waals surface area contributed by atoms with Gasteiger partial charge in [0.1, 0.15) is 12.7 Å². The van der Waals surface area contributed by atoms with Crippen molar-refractivity contribution < 1.29 is 19.1 Å². The molecule has 0 saturated carbocycles. The summed E-state index contributed by atoms with van der Waals surface area (Å²) < 4.78 is 15.7. The van der Waals surface area contributed by atoms with Gasteiger partial charge in [-0.3, -0.25) is 14.3 Å². The SMILES string of the molecule is Cc1cccc(C2CCN(C(=O)Cn3nc(C(=O)N4CC[C@@H](O)[C@@H](F)C4)c4c3CCC4)CC2)c1C. The Bertz CT molecular complexity index is 1120. The van der Waals surface area contributed by atoms with Crippen molar-refractivity contribution in [3.63, 3.8) is 0 Å². The molecule has 2 fully saturated rings. The van der Waals surface area contributed by atoms with Crippen molar-refractivity contribution in [2.75, 3.05) is 26.2 Å². The first-order valence-corrected chi connectivity index (χ1v) is 12.9. The Morgan fingerprint density at radius 1 is 1.09 bits per heavy atom. The highest BCUT2D eigenvalue weighted by atomic mass is 19.1. The summed E-state index contributed by atoms with van der Waals surface area (Å²) in [5, 5.41) is 14.2. The smallest absolute Gasteiger partial charge is 0.274 e. The summed E-state index contributed by atoms with van der Waals surface area (Å²) in [4.78, 5) is 29.7. The molecule has 0 bridgehead atoms. The van der Waals surface area contributed by atoms with Crippen LogP contribution >= 0.6 is 0 Å². The zero-order valence-electron chi connectivity index (χ0n) is 20.7. The van der Waals surface area contributed by atoms with Crippen molar-refractivity contribution in [3.05, 3.63) is 51.8 Å². The normalized spacial score (nSPS) is 23.0. The fraction of sp³-hybridized carbons (Fsp3) is 0.593. The van der Waals surface area contributed by atoms with E-state index < -0.39 is 12.3 Å². The second-order valence-corrected chi connectivity index (χ2v) is 10.4. The molecule has 3 heterocycles. The van der Waals surface area contributed by atoms with Crippen LogP contribution in [0.5, 0.6) is 0 Å². The minimum atomic E-state index is -1.43. The molecule has 7 nitrogen and oxygen atoms in total. The fourth-order valence-electron chi connectivity index (χ4n) is 5.92. The van der Waals surface area contributed by atoms with Gasteiger partial charge < -0.3 is 14.9 Å². The molecule has 0 spiro atoms. The van der Waals surface area contributed by atoms with E-state index in [0.29, 0.717) is 18.2 Å². The van der Waals surface area contributed by atoms with Gasteiger partial charge in [-0.1, -0.05) is 18.2 Å². The van der Waals surface area contributed by atoms with Crippen LogP contribution in [0.2, 0.25) is 0 Å². The molecule has 5 rings (SSSR count). The van der Waals surface area contributed by atoms with Crippen LogP contribution in [0.3, 0.4) is 0 Å². The number of nitrogens with zero attached hydrogens (tertiary/aromatic N) is 4. The molecule has 2 aromatic rings. The lowest BCUT2D eigenvalue weighted by atomic mass is 9.85. The molecule has 0 radical (unpaired) electrons. The van der Waals surface area contributed by atoms with Crippen molar-refractivity contribution in [2.45, 2.75) is 77.1 Å². The largest absolute Gasteiger partial charge is 0.390 e. The first-order valence-electron chi connectivity index (χ1n) is 12.9. The van der Waals surface area contributed by atoms with Crippen LogP contribution in [0, 0.1) is 13.8 Å². The number of aromatic nitrogens is 2. The van der Waals surface area contributed by atoms with Gasteiger partial charge in [0.2, 0.25) is 5.91 Å². The molecular weight excluding hydrogens is 447 g/mol. The Morgan fingerprint density at radius 3 is 2.57 bits per heavy atom. The molecular formula is C27H35FN4O3. The van der Waals surface area contributed by atoms with E-state index in [0.717, 1.165) is 56.5 Å². The molecule has 2 saturated heterocycles. The topological polar surface area (TPSA) is 78.7 Å². The van der Waals surface area contributed by atoms with Crippen LogP contribution in [0.1, 0.15) is 70.0 Å². The number of halogens is 1. The number of benzene rings is 1. The third-order valence-electron chi connectivity index (χ3n) is 8.22. The van der Waals surface area contributed by atoms with E-state index in [1.54, 1.807) is 4.68 Å². The van der Waals surface area contributed by atoms with Gasteiger partial charge in [-0.25, -0.2) is 4.39 Å². The average Bonchev–Trinajstić information content (AvgIpc) is 3.46. The molecule has 1 aromatic carbocycles. The maximum Gasteiger partial charge on any atom is 0.274 e. The van der Waals surface area contributed by atoms with Crippen LogP contribution in [0.4, 0.5) is 4.39 Å². The fourth-order valence-corrected chi connectivity index (χ4v) is 5.92. The predicted molar refractivity (Wildman–Crippen MR) is 130 cm³/mol. The lowest BCUT2D eigenvalue weighted by molar-refractivity contribution is -0.133. The van der Waals surface area contributed by atoms with Gasteiger partial charge >= 0.3 is 0 Å². The number of aliphatic hydroxyl groups is 1. The summed E-state index contributed by atoms with van der Waals surface area (Å²) in [6.45, 7) is 6.10. The number of aliphatic hydroxyl groups excluding tert-OH is 1. The Balaban J connectivity index is 1.25. The summed E-state index contributed by atoms with van der Waals surface area (Å²) in [5.74, 6) is 0.211. The number of amides is 2. The summed E-state index contributed by atoms with van der Waals surface area (Å²) in [5.41, 5.74) is 6.26. The average molecular weight is 483 g/mol. The number of rotatable bonds is 4. The summed E-state index contributed by atoms with van der Waals surface area (Å²) in [6.07, 6.45) is 2.14. The molecule has 2 amide bonds. The Hall–Kier alpha value is -2.74. The third-order valence-corrected chi connectivity index (χ3v) is 8.22. The second kappa shape index (κ2) is 9.72. The predicted octanol–water partition coefficient (Wildman–Crippen LogP) is 2.94. The Kier molecular flexibility index (Phi) is 6.66. The number of carbonyl (C=O) groups excluding carboxylic acids is 2. The molecule has 3 aliphatic rings. The molecule has 1 N–H and O–H groups in total. The van der Waals surface area contributed by atoms with Crippen LogP contribution < -0.4 is 0 Å². The molecule has 0 unspecified atom stereocenters. The van der Waals surface area contributed by atoms with Crippen LogP contribution in [-0.4, -0.2) is 75.0 Å². The van der Waals surface area contributed by atoms with Crippen molar-refractivity contribution in [3.8, 4) is 0 Å². The minimum Gasteiger partial charge on any atom is -0.390 e. The first-order chi connectivity index (χ1) is 16.8. The third kappa shape index (κ3) is 4.60. The van der Waals surface area contributed by atoms with Gasteiger partial charge in [0.15, 0.2) is 5.69 Å². The first kappa shape index (κ1) is 24.0. The van der Waals surface area contributed by atoms with Crippen molar-refractivity contribution in [1.29, 1.82) is 0 Å². The number of alkyl halides is 1. The van der Waals surface area contributed by atoms with Crippen LogP contribution in [0.25, 0.3) is 0 Å². The lowest BCUT2D eigenvalue weighted by Crippen LogP contribution is -2.47. The van der Waals surface area contributed by atoms with Gasteiger partial charge in [0.25, 0.3) is 5.91 Å².